The van der Waals surface area contributed by atoms with Crippen LogP contribution < -0.4 is 16.0 Å². The molecule has 11 heteroatoms. The minimum atomic E-state index is -4.49. The van der Waals surface area contributed by atoms with Crippen LogP contribution in [-0.4, -0.2) is 46.4 Å². The minimum Gasteiger partial charge on any atom is -0.480 e. The van der Waals surface area contributed by atoms with Crippen molar-refractivity contribution in [1.29, 1.82) is 0 Å². The van der Waals surface area contributed by atoms with E-state index in [1.54, 1.807) is 4.72 Å². The molecule has 3 N–H and O–H groups in total. The monoisotopic (exact) mass is 307 g/mol. The number of carbonyl (C=O) groups is 1. The molecule has 0 saturated carbocycles. The lowest BCUT2D eigenvalue weighted by Crippen LogP contribution is -2.47. The Labute approximate surface area is 112 Å². The molecule has 10 nitrogen and oxygen atoms in total. The zero-order chi connectivity index (χ0) is 15.7. The first-order valence-electron chi connectivity index (χ1n) is 5.24. The number of carboxylic acids is 1. The molecule has 0 aliphatic heterocycles. The van der Waals surface area contributed by atoms with E-state index in [0.29, 0.717) is 4.57 Å². The standard InChI is InChI=1S/C9H13N3O7S/c1-11-3-6(7(14)12(2)9(11)17)20(18,19)10-5(4-13)8(15)16/h3,5,10,13H,4H2,1-2H3,(H,15,16)/t5-/m1/s1. The largest absolute Gasteiger partial charge is 0.480 e. The predicted octanol–water partition coefficient (Wildman–Crippen LogP) is -3.19. The fraction of sp³-hybridized carbons (Fsp3) is 0.444. The van der Waals surface area contributed by atoms with Crippen LogP contribution in [0.3, 0.4) is 0 Å². The van der Waals surface area contributed by atoms with Crippen LogP contribution in [0.25, 0.3) is 0 Å². The molecule has 0 bridgehead atoms. The van der Waals surface area contributed by atoms with E-state index in [9.17, 15) is 22.8 Å². The van der Waals surface area contributed by atoms with Crippen LogP contribution in [-0.2, 0) is 28.9 Å². The summed E-state index contributed by atoms with van der Waals surface area (Å²) >= 11 is 0. The van der Waals surface area contributed by atoms with E-state index in [2.05, 4.69) is 0 Å². The minimum absolute atomic E-state index is 0.573. The summed E-state index contributed by atoms with van der Waals surface area (Å²) < 4.78 is 27.0. The molecule has 0 fully saturated rings. The Hall–Kier alpha value is -1.98. The van der Waals surface area contributed by atoms with Crippen molar-refractivity contribution in [3.05, 3.63) is 27.0 Å². The number of aromatic nitrogens is 2. The number of aryl methyl sites for hydroxylation is 1. The molecule has 0 aromatic carbocycles. The van der Waals surface area contributed by atoms with Gasteiger partial charge in [-0.1, -0.05) is 0 Å². The van der Waals surface area contributed by atoms with E-state index in [-0.39, 0.29) is 0 Å². The van der Waals surface area contributed by atoms with Gasteiger partial charge in [-0.05, 0) is 0 Å². The number of sulfonamides is 1. The average Bonchev–Trinajstić information content (AvgIpc) is 2.37. The predicted molar refractivity (Wildman–Crippen MR) is 65.8 cm³/mol. The maximum absolute atomic E-state index is 11.9. The first-order valence-corrected chi connectivity index (χ1v) is 6.72. The molecule has 1 aromatic rings. The van der Waals surface area contributed by atoms with Crippen molar-refractivity contribution in [2.24, 2.45) is 14.1 Å². The SMILES string of the molecule is Cn1cc(S(=O)(=O)N[C@H](CO)C(=O)O)c(=O)n(C)c1=O. The third kappa shape index (κ3) is 2.95. The fourth-order valence-electron chi connectivity index (χ4n) is 1.38. The van der Waals surface area contributed by atoms with Crippen molar-refractivity contribution in [3.63, 3.8) is 0 Å². The van der Waals surface area contributed by atoms with Crippen molar-refractivity contribution in [2.75, 3.05) is 6.61 Å². The van der Waals surface area contributed by atoms with Gasteiger partial charge in [-0.3, -0.25) is 14.2 Å². The molecular formula is C9H13N3O7S. The second-order valence-corrected chi connectivity index (χ2v) is 5.63. The Morgan fingerprint density at radius 1 is 1.40 bits per heavy atom. The number of carboxylic acid groups (broad SMARTS) is 1. The Morgan fingerprint density at radius 3 is 2.40 bits per heavy atom. The molecule has 0 radical (unpaired) electrons. The zero-order valence-electron chi connectivity index (χ0n) is 10.6. The Balaban J connectivity index is 3.41. The maximum Gasteiger partial charge on any atom is 0.330 e. The van der Waals surface area contributed by atoms with E-state index < -0.39 is 44.8 Å². The molecule has 0 aliphatic rings. The number of hydrogen-bond donors (Lipinski definition) is 3. The van der Waals surface area contributed by atoms with Gasteiger partial charge in [0.15, 0.2) is 4.90 Å². The third-order valence-corrected chi connectivity index (χ3v) is 3.94. The summed E-state index contributed by atoms with van der Waals surface area (Å²) in [5.41, 5.74) is -1.83. The van der Waals surface area contributed by atoms with Gasteiger partial charge in [0.25, 0.3) is 5.56 Å². The third-order valence-electron chi connectivity index (χ3n) is 2.48. The van der Waals surface area contributed by atoms with E-state index in [4.69, 9.17) is 10.2 Å². The van der Waals surface area contributed by atoms with Crippen LogP contribution >= 0.6 is 0 Å². The normalized spacial score (nSPS) is 13.2. The molecule has 0 unspecified atom stereocenters. The fourth-order valence-corrected chi connectivity index (χ4v) is 2.72. The lowest BCUT2D eigenvalue weighted by atomic mass is 10.3. The highest BCUT2D eigenvalue weighted by atomic mass is 32.2. The van der Waals surface area contributed by atoms with Crippen LogP contribution in [0, 0.1) is 0 Å². The second-order valence-electron chi connectivity index (χ2n) is 3.95. The van der Waals surface area contributed by atoms with E-state index in [0.717, 1.165) is 17.8 Å². The summed E-state index contributed by atoms with van der Waals surface area (Å²) in [6.45, 7) is -0.985. The highest BCUT2D eigenvalue weighted by Gasteiger charge is 2.28. The topological polar surface area (TPSA) is 148 Å². The lowest BCUT2D eigenvalue weighted by Gasteiger charge is -2.13. The molecule has 1 aromatic heterocycles. The van der Waals surface area contributed by atoms with Crippen molar-refractivity contribution in [3.8, 4) is 0 Å². The highest BCUT2D eigenvalue weighted by Crippen LogP contribution is 2.01. The maximum atomic E-state index is 11.9. The lowest BCUT2D eigenvalue weighted by molar-refractivity contribution is -0.139. The molecule has 20 heavy (non-hydrogen) atoms. The number of nitrogens with zero attached hydrogens (tertiary/aromatic N) is 2. The molecule has 0 spiro atoms. The van der Waals surface area contributed by atoms with Gasteiger partial charge in [-0.2, -0.15) is 4.72 Å². The summed E-state index contributed by atoms with van der Waals surface area (Å²) in [6, 6.07) is -1.79. The van der Waals surface area contributed by atoms with Crippen LogP contribution in [0.4, 0.5) is 0 Å². The smallest absolute Gasteiger partial charge is 0.330 e. The van der Waals surface area contributed by atoms with Crippen molar-refractivity contribution < 1.29 is 23.4 Å². The van der Waals surface area contributed by atoms with Gasteiger partial charge in [-0.15, -0.1) is 0 Å². The van der Waals surface area contributed by atoms with Gasteiger partial charge in [0, 0.05) is 20.3 Å². The number of hydrogen-bond acceptors (Lipinski definition) is 6. The van der Waals surface area contributed by atoms with E-state index >= 15 is 0 Å². The molecule has 1 rings (SSSR count). The summed E-state index contributed by atoms with van der Waals surface area (Å²) in [7, 11) is -2.17. The van der Waals surface area contributed by atoms with Crippen molar-refractivity contribution >= 4 is 16.0 Å². The molecule has 1 atom stereocenters. The second kappa shape index (κ2) is 5.56. The zero-order valence-corrected chi connectivity index (χ0v) is 11.4. The van der Waals surface area contributed by atoms with E-state index in [1.807, 2.05) is 0 Å². The van der Waals surface area contributed by atoms with Gasteiger partial charge in [-0.25, -0.2) is 13.2 Å². The summed E-state index contributed by atoms with van der Waals surface area (Å²) in [5, 5.41) is 17.5. The van der Waals surface area contributed by atoms with Crippen LogP contribution in [0.15, 0.2) is 20.7 Å². The molecule has 1 heterocycles. The molecular weight excluding hydrogens is 294 g/mol. The van der Waals surface area contributed by atoms with Crippen molar-refractivity contribution in [2.45, 2.75) is 10.9 Å². The Kier molecular flexibility index (Phi) is 4.47. The number of aliphatic hydroxyl groups excluding tert-OH is 1. The molecule has 112 valence electrons. The Morgan fingerprint density at radius 2 is 1.95 bits per heavy atom. The van der Waals surface area contributed by atoms with Crippen molar-refractivity contribution in [1.82, 2.24) is 13.9 Å². The first kappa shape index (κ1) is 16.1. The quantitative estimate of drug-likeness (QED) is 0.519. The highest BCUT2D eigenvalue weighted by molar-refractivity contribution is 7.89. The number of rotatable bonds is 5. The van der Waals surface area contributed by atoms with Gasteiger partial charge in [0.1, 0.15) is 6.04 Å². The van der Waals surface area contributed by atoms with E-state index in [1.165, 1.54) is 7.05 Å². The number of aliphatic hydroxyl groups is 1. The molecule has 0 amide bonds. The molecule has 0 saturated heterocycles. The average molecular weight is 307 g/mol. The van der Waals surface area contributed by atoms with Crippen LogP contribution in [0.2, 0.25) is 0 Å². The van der Waals surface area contributed by atoms with Gasteiger partial charge < -0.3 is 14.8 Å². The summed E-state index contributed by atoms with van der Waals surface area (Å²) in [6.07, 6.45) is 0.781. The van der Waals surface area contributed by atoms with Gasteiger partial charge >= 0.3 is 11.7 Å². The number of nitrogens with one attached hydrogen (secondary N) is 1. The van der Waals surface area contributed by atoms with Gasteiger partial charge in [0.2, 0.25) is 10.0 Å². The first-order chi connectivity index (χ1) is 9.11. The molecule has 0 aliphatic carbocycles. The van der Waals surface area contributed by atoms with Gasteiger partial charge in [0.05, 0.1) is 6.61 Å². The van der Waals surface area contributed by atoms with Crippen LogP contribution in [0.1, 0.15) is 0 Å². The summed E-state index contributed by atoms with van der Waals surface area (Å²) in [5.74, 6) is -1.60. The number of aliphatic carboxylic acids is 1. The Bertz CT molecular complexity index is 746. The van der Waals surface area contributed by atoms with Crippen LogP contribution in [0.5, 0.6) is 0 Å². The summed E-state index contributed by atoms with van der Waals surface area (Å²) in [4.78, 5) is 33.1.